The van der Waals surface area contributed by atoms with Gasteiger partial charge in [-0.1, -0.05) is 12.1 Å². The quantitative estimate of drug-likeness (QED) is 0.729. The number of aliphatic hydroxyl groups is 1. The maximum Gasteiger partial charge on any atom is 0.229 e. The van der Waals surface area contributed by atoms with Crippen molar-refractivity contribution in [1.82, 2.24) is 10.1 Å². The van der Waals surface area contributed by atoms with Crippen molar-refractivity contribution in [2.75, 3.05) is 5.75 Å². The van der Waals surface area contributed by atoms with Crippen molar-refractivity contribution < 1.29 is 9.63 Å². The van der Waals surface area contributed by atoms with Crippen molar-refractivity contribution in [2.45, 2.75) is 38.0 Å². The van der Waals surface area contributed by atoms with Crippen LogP contribution in [0.5, 0.6) is 0 Å². The summed E-state index contributed by atoms with van der Waals surface area (Å²) >= 11 is 1.75. The third kappa shape index (κ3) is 4.64. The zero-order chi connectivity index (χ0) is 11.8. The van der Waals surface area contributed by atoms with Crippen LogP contribution in [0.25, 0.3) is 0 Å². The zero-order valence-electron chi connectivity index (χ0n) is 9.22. The van der Waals surface area contributed by atoms with Gasteiger partial charge in [0.1, 0.15) is 0 Å². The topological polar surface area (TPSA) is 82.9 Å². The SMILES string of the molecule is CCCSCc1noc(CC(O)CC#N)n1. The first-order chi connectivity index (χ1) is 7.76. The Bertz CT molecular complexity index is 348. The molecule has 0 bridgehead atoms. The minimum atomic E-state index is -0.721. The first kappa shape index (κ1) is 13.0. The predicted octanol–water partition coefficient (Wildman–Crippen LogP) is 1.53. The standard InChI is InChI=1S/C10H15N3O2S/c1-2-5-16-7-9-12-10(15-13-9)6-8(14)3-4-11/h8,14H,2-3,5-7H2,1H3. The Balaban J connectivity index is 2.36. The number of nitriles is 1. The van der Waals surface area contributed by atoms with E-state index in [1.165, 1.54) is 0 Å². The summed E-state index contributed by atoms with van der Waals surface area (Å²) in [5.74, 6) is 2.85. The summed E-state index contributed by atoms with van der Waals surface area (Å²) in [5, 5.41) is 21.6. The molecule has 5 nitrogen and oxygen atoms in total. The minimum absolute atomic E-state index is 0.0856. The van der Waals surface area contributed by atoms with E-state index in [9.17, 15) is 5.11 Å². The second-order valence-corrected chi connectivity index (χ2v) is 4.48. The summed E-state index contributed by atoms with van der Waals surface area (Å²) < 4.78 is 4.97. The van der Waals surface area contributed by atoms with Crippen LogP contribution < -0.4 is 0 Å². The van der Waals surface area contributed by atoms with Gasteiger partial charge < -0.3 is 9.63 Å². The van der Waals surface area contributed by atoms with E-state index >= 15 is 0 Å². The average Bonchev–Trinajstić information content (AvgIpc) is 2.66. The molecule has 6 heteroatoms. The van der Waals surface area contributed by atoms with Crippen LogP contribution in [0.4, 0.5) is 0 Å². The Kier molecular flexibility index (Phi) is 5.90. The van der Waals surface area contributed by atoms with Crippen molar-refractivity contribution in [3.8, 4) is 6.07 Å². The first-order valence-electron chi connectivity index (χ1n) is 5.20. The number of nitrogens with zero attached hydrogens (tertiary/aromatic N) is 3. The fraction of sp³-hybridized carbons (Fsp3) is 0.700. The molecule has 0 radical (unpaired) electrons. The molecule has 0 aliphatic rings. The molecule has 1 aromatic rings. The third-order valence-electron chi connectivity index (χ3n) is 1.83. The van der Waals surface area contributed by atoms with Gasteiger partial charge in [-0.2, -0.15) is 22.0 Å². The lowest BCUT2D eigenvalue weighted by atomic mass is 10.2. The normalized spacial score (nSPS) is 12.3. The summed E-state index contributed by atoms with van der Waals surface area (Å²) in [6, 6.07) is 1.89. The van der Waals surface area contributed by atoms with Crippen LogP contribution in [0.1, 0.15) is 31.5 Å². The smallest absolute Gasteiger partial charge is 0.229 e. The first-order valence-corrected chi connectivity index (χ1v) is 6.36. The maximum absolute atomic E-state index is 9.37. The Morgan fingerprint density at radius 2 is 2.44 bits per heavy atom. The van der Waals surface area contributed by atoms with Crippen LogP contribution in [0.15, 0.2) is 4.52 Å². The summed E-state index contributed by atoms with van der Waals surface area (Å²) in [6.45, 7) is 2.12. The molecule has 0 spiro atoms. The van der Waals surface area contributed by atoms with Crippen molar-refractivity contribution in [1.29, 1.82) is 5.26 Å². The highest BCUT2D eigenvalue weighted by Crippen LogP contribution is 2.11. The fourth-order valence-electron chi connectivity index (χ4n) is 1.12. The molecule has 0 saturated carbocycles. The Hall–Kier alpha value is -1.06. The lowest BCUT2D eigenvalue weighted by molar-refractivity contribution is 0.167. The molecule has 1 rings (SSSR count). The molecule has 0 aliphatic carbocycles. The van der Waals surface area contributed by atoms with Gasteiger partial charge in [-0.25, -0.2) is 0 Å². The van der Waals surface area contributed by atoms with Gasteiger partial charge in [-0.3, -0.25) is 0 Å². The number of rotatable bonds is 7. The van der Waals surface area contributed by atoms with Crippen molar-refractivity contribution in [3.05, 3.63) is 11.7 Å². The third-order valence-corrected chi connectivity index (χ3v) is 2.99. The van der Waals surface area contributed by atoms with Crippen LogP contribution in [-0.4, -0.2) is 27.1 Å². The van der Waals surface area contributed by atoms with E-state index in [0.717, 1.165) is 17.9 Å². The molecule has 1 unspecified atom stereocenters. The van der Waals surface area contributed by atoms with Crippen LogP contribution >= 0.6 is 11.8 Å². The van der Waals surface area contributed by atoms with Gasteiger partial charge in [0.05, 0.1) is 30.8 Å². The number of thioether (sulfide) groups is 1. The van der Waals surface area contributed by atoms with Gasteiger partial charge in [0.2, 0.25) is 5.89 Å². The molecular formula is C10H15N3O2S. The predicted molar refractivity (Wildman–Crippen MR) is 60.7 cm³/mol. The molecule has 0 amide bonds. The molecule has 16 heavy (non-hydrogen) atoms. The largest absolute Gasteiger partial charge is 0.392 e. The lowest BCUT2D eigenvalue weighted by Crippen LogP contribution is -2.09. The van der Waals surface area contributed by atoms with Gasteiger partial charge in [0.25, 0.3) is 0 Å². The molecule has 1 aromatic heterocycles. The van der Waals surface area contributed by atoms with Gasteiger partial charge in [0.15, 0.2) is 5.82 Å². The number of aliphatic hydroxyl groups excluding tert-OH is 1. The van der Waals surface area contributed by atoms with Gasteiger partial charge >= 0.3 is 0 Å². The second kappa shape index (κ2) is 7.25. The number of hydrogen-bond acceptors (Lipinski definition) is 6. The van der Waals surface area contributed by atoms with E-state index in [4.69, 9.17) is 9.78 Å². The molecule has 0 aliphatic heterocycles. The number of aromatic nitrogens is 2. The lowest BCUT2D eigenvalue weighted by Gasteiger charge is -1.99. The summed E-state index contributed by atoms with van der Waals surface area (Å²) in [7, 11) is 0. The highest BCUT2D eigenvalue weighted by molar-refractivity contribution is 7.98. The molecule has 0 saturated heterocycles. The average molecular weight is 241 g/mol. The molecule has 1 atom stereocenters. The van der Waals surface area contributed by atoms with Crippen molar-refractivity contribution >= 4 is 11.8 Å². The van der Waals surface area contributed by atoms with Crippen molar-refractivity contribution in [3.63, 3.8) is 0 Å². The maximum atomic E-state index is 9.37. The van der Waals surface area contributed by atoms with Gasteiger partial charge in [-0.15, -0.1) is 0 Å². The minimum Gasteiger partial charge on any atom is -0.392 e. The molecule has 1 N–H and O–H groups in total. The second-order valence-electron chi connectivity index (χ2n) is 3.38. The molecule has 1 heterocycles. The van der Waals surface area contributed by atoms with Crippen LogP contribution in [0, 0.1) is 11.3 Å². The summed E-state index contributed by atoms with van der Waals surface area (Å²) in [6.07, 6.45) is 0.735. The van der Waals surface area contributed by atoms with Crippen LogP contribution in [0.2, 0.25) is 0 Å². The van der Waals surface area contributed by atoms with E-state index in [-0.39, 0.29) is 12.8 Å². The highest BCUT2D eigenvalue weighted by atomic mass is 32.2. The van der Waals surface area contributed by atoms with Gasteiger partial charge in [0, 0.05) is 0 Å². The molecular weight excluding hydrogens is 226 g/mol. The van der Waals surface area contributed by atoms with E-state index in [1.54, 1.807) is 11.8 Å². The molecule has 0 fully saturated rings. The Labute approximate surface area is 98.8 Å². The number of hydrogen-bond donors (Lipinski definition) is 1. The fourth-order valence-corrected chi connectivity index (χ4v) is 1.85. The molecule has 0 aromatic carbocycles. The zero-order valence-corrected chi connectivity index (χ0v) is 10.0. The van der Waals surface area contributed by atoms with E-state index in [0.29, 0.717) is 11.7 Å². The van der Waals surface area contributed by atoms with Gasteiger partial charge in [-0.05, 0) is 12.2 Å². The van der Waals surface area contributed by atoms with Crippen molar-refractivity contribution in [2.24, 2.45) is 0 Å². The van der Waals surface area contributed by atoms with Crippen LogP contribution in [0.3, 0.4) is 0 Å². The summed E-state index contributed by atoms with van der Waals surface area (Å²) in [4.78, 5) is 4.14. The van der Waals surface area contributed by atoms with E-state index in [2.05, 4.69) is 17.1 Å². The van der Waals surface area contributed by atoms with E-state index in [1.807, 2.05) is 6.07 Å². The monoisotopic (exact) mass is 241 g/mol. The summed E-state index contributed by atoms with van der Waals surface area (Å²) in [5.41, 5.74) is 0. The van der Waals surface area contributed by atoms with E-state index < -0.39 is 6.10 Å². The highest BCUT2D eigenvalue weighted by Gasteiger charge is 2.11. The Morgan fingerprint density at radius 3 is 3.12 bits per heavy atom. The molecule has 88 valence electrons. The Morgan fingerprint density at radius 1 is 1.62 bits per heavy atom. The van der Waals surface area contributed by atoms with Crippen LogP contribution in [-0.2, 0) is 12.2 Å².